The molecular formula is C24H35N3O3. The Balaban J connectivity index is 2.03. The zero-order chi connectivity index (χ0) is 22.3. The summed E-state index contributed by atoms with van der Waals surface area (Å²) in [6.07, 6.45) is 5.80. The molecule has 0 saturated heterocycles. The van der Waals surface area contributed by atoms with Gasteiger partial charge in [0, 0.05) is 31.0 Å². The largest absolute Gasteiger partial charge is 0.451 e. The Kier molecular flexibility index (Phi) is 8.71. The van der Waals surface area contributed by atoms with Gasteiger partial charge in [-0.2, -0.15) is 5.26 Å². The molecule has 1 aliphatic rings. The smallest absolute Gasteiger partial charge is 0.349 e. The number of nitrogens with zero attached hydrogens (tertiary/aromatic N) is 3. The van der Waals surface area contributed by atoms with Crippen LogP contribution in [0.1, 0.15) is 63.4 Å². The van der Waals surface area contributed by atoms with Gasteiger partial charge in [-0.25, -0.2) is 4.79 Å². The second-order valence-corrected chi connectivity index (χ2v) is 8.69. The SMILES string of the molecule is CCCN(CC1CC1)C(=O)COC(=O)/C(C#N)=C/c1cc(C)n(CCC(C)C)c1C. The highest BCUT2D eigenvalue weighted by Crippen LogP contribution is 2.29. The molecule has 1 heterocycles. The van der Waals surface area contributed by atoms with Gasteiger partial charge < -0.3 is 14.2 Å². The van der Waals surface area contributed by atoms with Crippen LogP contribution < -0.4 is 0 Å². The van der Waals surface area contributed by atoms with Crippen LogP contribution in [0, 0.1) is 37.0 Å². The van der Waals surface area contributed by atoms with Gasteiger partial charge in [-0.05, 0) is 69.1 Å². The third-order valence-electron chi connectivity index (χ3n) is 5.53. The minimum absolute atomic E-state index is 0.0869. The molecule has 0 aromatic carbocycles. The van der Waals surface area contributed by atoms with Gasteiger partial charge in [-0.15, -0.1) is 0 Å². The molecule has 164 valence electrons. The lowest BCUT2D eigenvalue weighted by Gasteiger charge is -2.21. The molecule has 1 aromatic heterocycles. The molecule has 0 aliphatic heterocycles. The lowest BCUT2D eigenvalue weighted by molar-refractivity contribution is -0.148. The summed E-state index contributed by atoms with van der Waals surface area (Å²) < 4.78 is 7.39. The maximum absolute atomic E-state index is 12.4. The van der Waals surface area contributed by atoms with Crippen molar-refractivity contribution in [2.75, 3.05) is 19.7 Å². The van der Waals surface area contributed by atoms with Crippen molar-refractivity contribution in [2.45, 2.75) is 66.8 Å². The molecule has 30 heavy (non-hydrogen) atoms. The maximum Gasteiger partial charge on any atom is 0.349 e. The topological polar surface area (TPSA) is 75.3 Å². The summed E-state index contributed by atoms with van der Waals surface area (Å²) in [7, 11) is 0. The molecule has 1 aromatic rings. The summed E-state index contributed by atoms with van der Waals surface area (Å²) in [6.45, 7) is 12.4. The molecule has 0 atom stereocenters. The standard InChI is InChI=1S/C24H35N3O3/c1-6-10-26(15-20-7-8-20)23(28)16-30-24(29)22(14-25)13-21-12-18(4)27(19(21)5)11-9-17(2)3/h12-13,17,20H,6-11,15-16H2,1-5H3/b22-13+. The van der Waals surface area contributed by atoms with Gasteiger partial charge in [0.25, 0.3) is 5.91 Å². The minimum Gasteiger partial charge on any atom is -0.451 e. The Labute approximate surface area is 180 Å². The molecule has 1 aliphatic carbocycles. The number of carbonyl (C=O) groups is 2. The number of hydrogen-bond donors (Lipinski definition) is 0. The lowest BCUT2D eigenvalue weighted by atomic mass is 10.1. The van der Waals surface area contributed by atoms with E-state index in [2.05, 4.69) is 18.4 Å². The van der Waals surface area contributed by atoms with E-state index in [1.54, 1.807) is 11.0 Å². The van der Waals surface area contributed by atoms with E-state index in [1.807, 2.05) is 32.9 Å². The van der Waals surface area contributed by atoms with E-state index in [0.29, 0.717) is 18.4 Å². The Morgan fingerprint density at radius 1 is 1.37 bits per heavy atom. The van der Waals surface area contributed by atoms with Gasteiger partial charge in [0.15, 0.2) is 6.61 Å². The Morgan fingerprint density at radius 2 is 2.07 bits per heavy atom. The Morgan fingerprint density at radius 3 is 2.63 bits per heavy atom. The first kappa shape index (κ1) is 23.7. The van der Waals surface area contributed by atoms with Crippen molar-refractivity contribution in [3.05, 3.63) is 28.6 Å². The van der Waals surface area contributed by atoms with Gasteiger partial charge in [0.1, 0.15) is 11.6 Å². The summed E-state index contributed by atoms with van der Waals surface area (Å²) in [4.78, 5) is 26.6. The average Bonchev–Trinajstić information content (AvgIpc) is 3.47. The lowest BCUT2D eigenvalue weighted by Crippen LogP contribution is -2.36. The molecule has 0 unspecified atom stereocenters. The van der Waals surface area contributed by atoms with Crippen LogP contribution in [0.4, 0.5) is 0 Å². The number of rotatable bonds is 11. The van der Waals surface area contributed by atoms with Crippen molar-refractivity contribution in [1.29, 1.82) is 5.26 Å². The third-order valence-corrected chi connectivity index (χ3v) is 5.53. The van der Waals surface area contributed by atoms with E-state index >= 15 is 0 Å². The summed E-state index contributed by atoms with van der Waals surface area (Å²) >= 11 is 0. The second kappa shape index (κ2) is 11.0. The number of esters is 1. The average molecular weight is 414 g/mol. The van der Waals surface area contributed by atoms with Crippen molar-refractivity contribution in [3.8, 4) is 6.07 Å². The fourth-order valence-electron chi connectivity index (χ4n) is 3.49. The molecule has 1 amide bonds. The molecule has 6 nitrogen and oxygen atoms in total. The third kappa shape index (κ3) is 6.76. The van der Waals surface area contributed by atoms with E-state index < -0.39 is 5.97 Å². The predicted octanol–water partition coefficient (Wildman–Crippen LogP) is 4.25. The van der Waals surface area contributed by atoms with Gasteiger partial charge in [0.05, 0.1) is 0 Å². The van der Waals surface area contributed by atoms with E-state index in [0.717, 1.165) is 55.7 Å². The van der Waals surface area contributed by atoms with Crippen molar-refractivity contribution < 1.29 is 14.3 Å². The maximum atomic E-state index is 12.4. The number of aryl methyl sites for hydroxylation is 1. The molecule has 0 spiro atoms. The van der Waals surface area contributed by atoms with E-state index in [1.165, 1.54) is 0 Å². The molecule has 0 radical (unpaired) electrons. The fraction of sp³-hybridized carbons (Fsp3) is 0.625. The van der Waals surface area contributed by atoms with Crippen molar-refractivity contribution in [1.82, 2.24) is 9.47 Å². The van der Waals surface area contributed by atoms with Crippen LogP contribution in [-0.2, 0) is 20.9 Å². The zero-order valence-electron chi connectivity index (χ0n) is 19.0. The highest BCUT2D eigenvalue weighted by atomic mass is 16.5. The monoisotopic (exact) mass is 413 g/mol. The normalized spacial score (nSPS) is 14.0. The number of amides is 1. The highest BCUT2D eigenvalue weighted by molar-refractivity contribution is 5.99. The first-order valence-electron chi connectivity index (χ1n) is 11.0. The van der Waals surface area contributed by atoms with Crippen LogP contribution in [0.15, 0.2) is 11.6 Å². The molecule has 1 fully saturated rings. The molecular weight excluding hydrogens is 378 g/mol. The predicted molar refractivity (Wildman–Crippen MR) is 118 cm³/mol. The minimum atomic E-state index is -0.749. The van der Waals surface area contributed by atoms with Crippen LogP contribution in [0.5, 0.6) is 0 Å². The molecule has 2 rings (SSSR count). The van der Waals surface area contributed by atoms with Gasteiger partial charge in [-0.3, -0.25) is 4.79 Å². The van der Waals surface area contributed by atoms with Crippen molar-refractivity contribution in [3.63, 3.8) is 0 Å². The van der Waals surface area contributed by atoms with Crippen LogP contribution in [0.2, 0.25) is 0 Å². The number of hydrogen-bond acceptors (Lipinski definition) is 4. The first-order chi connectivity index (χ1) is 14.3. The molecule has 0 bridgehead atoms. The summed E-state index contributed by atoms with van der Waals surface area (Å²) in [6, 6.07) is 3.91. The van der Waals surface area contributed by atoms with E-state index in [-0.39, 0.29) is 18.1 Å². The summed E-state index contributed by atoms with van der Waals surface area (Å²) in [5.41, 5.74) is 2.85. The van der Waals surface area contributed by atoms with Crippen molar-refractivity contribution in [2.24, 2.45) is 11.8 Å². The first-order valence-corrected chi connectivity index (χ1v) is 11.0. The Hall–Kier alpha value is -2.55. The van der Waals surface area contributed by atoms with Gasteiger partial charge in [-0.1, -0.05) is 20.8 Å². The number of aromatic nitrogens is 1. The van der Waals surface area contributed by atoms with Gasteiger partial charge in [0.2, 0.25) is 0 Å². The van der Waals surface area contributed by atoms with Crippen LogP contribution in [-0.4, -0.2) is 41.0 Å². The van der Waals surface area contributed by atoms with Gasteiger partial charge >= 0.3 is 5.97 Å². The van der Waals surface area contributed by atoms with Crippen LogP contribution in [0.25, 0.3) is 6.08 Å². The van der Waals surface area contributed by atoms with Crippen LogP contribution in [0.3, 0.4) is 0 Å². The molecule has 0 N–H and O–H groups in total. The van der Waals surface area contributed by atoms with Crippen molar-refractivity contribution >= 4 is 18.0 Å². The number of nitriles is 1. The Bertz CT molecular complexity index is 825. The molecule has 1 saturated carbocycles. The molecule has 6 heteroatoms. The quantitative estimate of drug-likeness (QED) is 0.309. The summed E-state index contributed by atoms with van der Waals surface area (Å²) in [5, 5.41) is 9.47. The van der Waals surface area contributed by atoms with E-state index in [4.69, 9.17) is 4.74 Å². The summed E-state index contributed by atoms with van der Waals surface area (Å²) in [5.74, 6) is 0.234. The second-order valence-electron chi connectivity index (χ2n) is 8.69. The highest BCUT2D eigenvalue weighted by Gasteiger charge is 2.27. The number of carbonyl (C=O) groups excluding carboxylic acids is 2. The number of ether oxygens (including phenoxy) is 1. The van der Waals surface area contributed by atoms with Crippen LogP contribution >= 0.6 is 0 Å². The van der Waals surface area contributed by atoms with E-state index in [9.17, 15) is 14.9 Å². The fourth-order valence-corrected chi connectivity index (χ4v) is 3.49. The zero-order valence-corrected chi connectivity index (χ0v) is 19.0.